The lowest BCUT2D eigenvalue weighted by Crippen LogP contribution is -2.16. The van der Waals surface area contributed by atoms with E-state index in [9.17, 15) is 22.8 Å². The van der Waals surface area contributed by atoms with Crippen molar-refractivity contribution in [3.05, 3.63) is 51.9 Å². The molecule has 0 unspecified atom stereocenters. The summed E-state index contributed by atoms with van der Waals surface area (Å²) < 4.78 is 39.8. The van der Waals surface area contributed by atoms with Crippen molar-refractivity contribution in [3.63, 3.8) is 0 Å². The fourth-order valence-corrected chi connectivity index (χ4v) is 3.19. The molecule has 2 aromatic heterocycles. The molecule has 7 nitrogen and oxygen atoms in total. The van der Waals surface area contributed by atoms with Gasteiger partial charge in [0.25, 0.3) is 5.56 Å². The molecule has 142 valence electrons. The predicted molar refractivity (Wildman–Crippen MR) is 93.8 cm³/mol. The van der Waals surface area contributed by atoms with Gasteiger partial charge in [0, 0.05) is 17.4 Å². The lowest BCUT2D eigenvalue weighted by atomic mass is 10.2. The van der Waals surface area contributed by atoms with Crippen LogP contribution in [0.4, 0.5) is 18.9 Å². The van der Waals surface area contributed by atoms with Gasteiger partial charge in [0.1, 0.15) is 0 Å². The van der Waals surface area contributed by atoms with Gasteiger partial charge in [-0.3, -0.25) is 19.0 Å². The van der Waals surface area contributed by atoms with E-state index in [0.717, 1.165) is 23.9 Å². The number of fused-ring (bicyclic) bond motifs is 1. The first-order valence-corrected chi connectivity index (χ1v) is 8.83. The first kappa shape index (κ1) is 19.0. The minimum Gasteiger partial charge on any atom is -0.325 e. The number of hydrogen-bond donors (Lipinski definition) is 2. The Kier molecular flexibility index (Phi) is 5.22. The van der Waals surface area contributed by atoms with Crippen LogP contribution in [0.25, 0.3) is 5.78 Å². The number of H-pyrrole nitrogens is 1. The van der Waals surface area contributed by atoms with Crippen LogP contribution in [0, 0.1) is 0 Å². The molecule has 0 atom stereocenters. The van der Waals surface area contributed by atoms with E-state index >= 15 is 0 Å². The van der Waals surface area contributed by atoms with Crippen LogP contribution >= 0.6 is 11.8 Å². The number of benzene rings is 1. The lowest BCUT2D eigenvalue weighted by Gasteiger charge is -2.09. The van der Waals surface area contributed by atoms with Crippen LogP contribution in [0.1, 0.15) is 18.2 Å². The van der Waals surface area contributed by atoms with E-state index in [0.29, 0.717) is 17.3 Å². The number of halogens is 3. The van der Waals surface area contributed by atoms with Gasteiger partial charge in [-0.2, -0.15) is 13.2 Å². The number of carbonyl (C=O) groups is 1. The highest BCUT2D eigenvalue weighted by Crippen LogP contribution is 2.30. The molecule has 27 heavy (non-hydrogen) atoms. The Balaban J connectivity index is 1.72. The van der Waals surface area contributed by atoms with Crippen LogP contribution in [0.15, 0.2) is 40.3 Å². The van der Waals surface area contributed by atoms with E-state index in [1.54, 1.807) is 4.40 Å². The molecule has 2 heterocycles. The van der Waals surface area contributed by atoms with E-state index in [2.05, 4.69) is 20.5 Å². The Bertz CT molecular complexity index is 1040. The fourth-order valence-electron chi connectivity index (χ4n) is 2.43. The summed E-state index contributed by atoms with van der Waals surface area (Å²) >= 11 is 1.06. The number of aryl methyl sites for hydroxylation is 1. The molecule has 1 amide bonds. The van der Waals surface area contributed by atoms with Crippen molar-refractivity contribution in [3.8, 4) is 0 Å². The molecule has 3 aromatic rings. The number of carbonyl (C=O) groups excluding carboxylic acids is 1. The second-order valence-corrected chi connectivity index (χ2v) is 6.48. The summed E-state index contributed by atoms with van der Waals surface area (Å²) in [6, 6.07) is 5.82. The molecular formula is C16H14F3N5O2S. The van der Waals surface area contributed by atoms with Crippen molar-refractivity contribution in [2.24, 2.45) is 0 Å². The zero-order valence-corrected chi connectivity index (χ0v) is 14.8. The molecule has 0 aliphatic rings. The standard InChI is InChI=1S/C16H14F3N5O2S/c1-2-11-7-12(25)21-14-22-23-15(24(11)14)27-8-13(26)20-10-5-3-4-9(6-10)16(17,18)19/h3-7H,2,8H2,1H3,(H,20,26)(H,21,22,25). The Morgan fingerprint density at radius 3 is 2.78 bits per heavy atom. The number of anilines is 1. The van der Waals surface area contributed by atoms with Crippen molar-refractivity contribution in [2.45, 2.75) is 24.7 Å². The van der Waals surface area contributed by atoms with Gasteiger partial charge in [-0.15, -0.1) is 10.2 Å². The summed E-state index contributed by atoms with van der Waals surface area (Å²) in [6.45, 7) is 1.86. The second-order valence-electron chi connectivity index (χ2n) is 5.54. The molecule has 11 heteroatoms. The zero-order valence-electron chi connectivity index (χ0n) is 14.0. The number of nitrogens with one attached hydrogen (secondary N) is 2. The molecule has 0 radical (unpaired) electrons. The number of nitrogens with zero attached hydrogens (tertiary/aromatic N) is 3. The molecule has 0 saturated carbocycles. The number of aromatic amines is 1. The van der Waals surface area contributed by atoms with Gasteiger partial charge in [-0.1, -0.05) is 24.8 Å². The van der Waals surface area contributed by atoms with Crippen LogP contribution in [0.2, 0.25) is 0 Å². The third-order valence-corrected chi connectivity index (χ3v) is 4.55. The highest BCUT2D eigenvalue weighted by Gasteiger charge is 2.30. The van der Waals surface area contributed by atoms with Crippen LogP contribution < -0.4 is 10.9 Å². The summed E-state index contributed by atoms with van der Waals surface area (Å²) in [5.74, 6) is -0.307. The first-order valence-electron chi connectivity index (χ1n) is 7.85. The van der Waals surface area contributed by atoms with Gasteiger partial charge in [0.15, 0.2) is 5.16 Å². The number of rotatable bonds is 5. The summed E-state index contributed by atoms with van der Waals surface area (Å²) in [4.78, 5) is 26.2. The molecule has 3 rings (SSSR count). The number of alkyl halides is 3. The van der Waals surface area contributed by atoms with Crippen molar-refractivity contribution >= 4 is 29.1 Å². The number of thioether (sulfide) groups is 1. The number of hydrogen-bond acceptors (Lipinski definition) is 5. The van der Waals surface area contributed by atoms with Crippen LogP contribution in [-0.4, -0.2) is 31.2 Å². The smallest absolute Gasteiger partial charge is 0.325 e. The Labute approximate surface area is 155 Å². The fraction of sp³-hybridized carbons (Fsp3) is 0.250. The Hall–Kier alpha value is -2.82. The summed E-state index contributed by atoms with van der Waals surface area (Å²) in [6.07, 6.45) is -3.92. The van der Waals surface area contributed by atoms with Gasteiger partial charge in [-0.05, 0) is 24.6 Å². The molecule has 0 aliphatic heterocycles. The first-order chi connectivity index (χ1) is 12.8. The summed E-state index contributed by atoms with van der Waals surface area (Å²) in [5.41, 5.74) is -0.404. The van der Waals surface area contributed by atoms with E-state index in [1.807, 2.05) is 6.92 Å². The lowest BCUT2D eigenvalue weighted by molar-refractivity contribution is -0.137. The van der Waals surface area contributed by atoms with E-state index in [1.165, 1.54) is 18.2 Å². The van der Waals surface area contributed by atoms with Crippen LogP contribution in [0.3, 0.4) is 0 Å². The quantitative estimate of drug-likeness (QED) is 0.646. The summed E-state index contributed by atoms with van der Waals surface area (Å²) in [5, 5.41) is 10.6. The minimum atomic E-state index is -4.48. The predicted octanol–water partition coefficient (Wildman–Crippen LogP) is 2.73. The topological polar surface area (TPSA) is 92.2 Å². The third kappa shape index (κ3) is 4.30. The molecule has 1 aromatic carbocycles. The zero-order chi connectivity index (χ0) is 19.6. The maximum atomic E-state index is 12.7. The van der Waals surface area contributed by atoms with Crippen molar-refractivity contribution in [1.29, 1.82) is 0 Å². The maximum absolute atomic E-state index is 12.7. The van der Waals surface area contributed by atoms with E-state index in [4.69, 9.17) is 0 Å². The van der Waals surface area contributed by atoms with Gasteiger partial charge in [0.05, 0.1) is 11.3 Å². The molecule has 0 saturated heterocycles. The Morgan fingerprint density at radius 2 is 2.07 bits per heavy atom. The van der Waals surface area contributed by atoms with Crippen LogP contribution in [-0.2, 0) is 17.4 Å². The van der Waals surface area contributed by atoms with Gasteiger partial charge < -0.3 is 5.32 Å². The molecular weight excluding hydrogens is 383 g/mol. The molecule has 0 aliphatic carbocycles. The van der Waals surface area contributed by atoms with E-state index in [-0.39, 0.29) is 22.8 Å². The normalized spacial score (nSPS) is 11.7. The number of aromatic nitrogens is 4. The largest absolute Gasteiger partial charge is 0.416 e. The minimum absolute atomic E-state index is 0.0557. The monoisotopic (exact) mass is 397 g/mol. The van der Waals surface area contributed by atoms with Gasteiger partial charge in [0.2, 0.25) is 11.7 Å². The van der Waals surface area contributed by atoms with Gasteiger partial charge >= 0.3 is 6.18 Å². The van der Waals surface area contributed by atoms with Crippen molar-refractivity contribution in [2.75, 3.05) is 11.1 Å². The van der Waals surface area contributed by atoms with E-state index < -0.39 is 17.6 Å². The molecule has 0 bridgehead atoms. The Morgan fingerprint density at radius 1 is 1.30 bits per heavy atom. The average Bonchev–Trinajstić information content (AvgIpc) is 3.01. The average molecular weight is 397 g/mol. The summed E-state index contributed by atoms with van der Waals surface area (Å²) in [7, 11) is 0. The second kappa shape index (κ2) is 7.43. The molecule has 0 fully saturated rings. The van der Waals surface area contributed by atoms with Crippen molar-refractivity contribution < 1.29 is 18.0 Å². The number of amides is 1. The SMILES string of the molecule is CCc1cc(=O)[nH]c2nnc(SCC(=O)Nc3cccc(C(F)(F)F)c3)n12. The third-order valence-electron chi connectivity index (χ3n) is 3.62. The van der Waals surface area contributed by atoms with Gasteiger partial charge in [-0.25, -0.2) is 0 Å². The maximum Gasteiger partial charge on any atom is 0.416 e. The van der Waals surface area contributed by atoms with Crippen LogP contribution in [0.5, 0.6) is 0 Å². The highest BCUT2D eigenvalue weighted by molar-refractivity contribution is 7.99. The molecule has 0 spiro atoms. The van der Waals surface area contributed by atoms with Crippen molar-refractivity contribution in [1.82, 2.24) is 19.6 Å². The molecule has 2 N–H and O–H groups in total. The highest BCUT2D eigenvalue weighted by atomic mass is 32.2.